The molecule has 0 aromatic carbocycles. The molecule has 0 saturated heterocycles. The minimum Gasteiger partial charge on any atom is -0.590 e. The molecule has 0 fully saturated rings. The second kappa shape index (κ2) is 9.36. The lowest BCUT2D eigenvalue weighted by atomic mass is 10.3. The molecular formula is C4H18N8O14. The Labute approximate surface area is 140 Å². The topological polar surface area (TPSA) is 337 Å². The molecule has 7 unspecified atom stereocenters. The minimum atomic E-state index is -3.85. The van der Waals surface area contributed by atoms with Crippen LogP contribution in [-0.4, -0.2) is 66.1 Å². The maximum Gasteiger partial charge on any atom is 0.453 e. The highest BCUT2D eigenvalue weighted by atomic mass is 16.9. The smallest absolute Gasteiger partial charge is 0.453 e. The van der Waals surface area contributed by atoms with Crippen LogP contribution in [0.2, 0.25) is 0 Å². The Hall–Kier alpha value is -0.880. The van der Waals surface area contributed by atoms with Crippen LogP contribution < -0.4 is 36.7 Å². The van der Waals surface area contributed by atoms with E-state index in [1.54, 1.807) is 0 Å². The van der Waals surface area contributed by atoms with E-state index in [2.05, 4.69) is 0 Å². The third-order valence-electron chi connectivity index (χ3n) is 3.32. The molecule has 22 nitrogen and oxygen atoms in total. The predicted octanol–water partition coefficient (Wildman–Crippen LogP) is -13.1. The number of hydrogen-bond donors (Lipinski definition) is 14. The number of hydrogen-bond acceptors (Lipinski definition) is 15. The summed E-state index contributed by atoms with van der Waals surface area (Å²) in [6, 6.07) is 0. The van der Waals surface area contributed by atoms with Crippen LogP contribution in [0.15, 0.2) is 0 Å². The fourth-order valence-corrected chi connectivity index (χ4v) is 1.72. The van der Waals surface area contributed by atoms with E-state index in [0.29, 0.717) is 0 Å². The van der Waals surface area contributed by atoms with Gasteiger partial charge in [-0.1, -0.05) is 5.01 Å². The summed E-state index contributed by atoms with van der Waals surface area (Å²) in [5.74, 6) is -7.70. The second-order valence-corrected chi connectivity index (χ2v) is 4.78. The summed E-state index contributed by atoms with van der Waals surface area (Å²) >= 11 is 0. The van der Waals surface area contributed by atoms with Crippen molar-refractivity contribution in [1.82, 2.24) is 5.01 Å². The Kier molecular flexibility index (Phi) is 9.04. The van der Waals surface area contributed by atoms with E-state index in [0.717, 1.165) is 0 Å². The van der Waals surface area contributed by atoms with Gasteiger partial charge in [0, 0.05) is 0 Å². The SMILES string of the molecule is [O-][NH+](O)N(CC([NH+]([O-])O)([NH+]([O-])O)[NH+]([O-])O)CC([NH+]([O-])O)([NH+]([O-])O)[NH+]([O-])O. The van der Waals surface area contributed by atoms with E-state index in [1.165, 1.54) is 0 Å². The quantitative estimate of drug-likeness (QED) is 0.113. The standard InChI is InChI=1S/C4H18N8O14/c13-6(14)3(7(15)16,8(17)18)1-5(12(25)26)2-4(9(19)20,10(21)22)11(23)24/h6-13,15,17,19,21,23,25H,1-2H2. The van der Waals surface area contributed by atoms with Crippen molar-refractivity contribution in [3.05, 3.63) is 36.5 Å². The van der Waals surface area contributed by atoms with E-state index in [1.807, 2.05) is 0 Å². The first-order valence-electron chi connectivity index (χ1n) is 6.06. The Morgan fingerprint density at radius 2 is 0.692 bits per heavy atom. The first-order valence-corrected chi connectivity index (χ1v) is 6.06. The van der Waals surface area contributed by atoms with Gasteiger partial charge in [-0.25, -0.2) is 31.2 Å². The molecule has 0 radical (unpaired) electrons. The predicted molar refractivity (Wildman–Crippen MR) is 59.8 cm³/mol. The molecule has 0 rings (SSSR count). The van der Waals surface area contributed by atoms with Gasteiger partial charge in [0.15, 0.2) is 0 Å². The second-order valence-electron chi connectivity index (χ2n) is 4.78. The molecule has 22 heteroatoms. The summed E-state index contributed by atoms with van der Waals surface area (Å²) in [6.07, 6.45) is 0. The highest BCUT2D eigenvalue weighted by Gasteiger charge is 2.61. The summed E-state index contributed by atoms with van der Waals surface area (Å²) in [6.45, 7) is -3.95. The molecule has 0 aliphatic carbocycles. The lowest BCUT2D eigenvalue weighted by molar-refractivity contribution is -1.43. The van der Waals surface area contributed by atoms with Gasteiger partial charge in [-0.05, 0) is 0 Å². The number of rotatable bonds is 11. The van der Waals surface area contributed by atoms with Gasteiger partial charge in [0.25, 0.3) is 0 Å². The maximum absolute atomic E-state index is 11.2. The largest absolute Gasteiger partial charge is 0.590 e. The monoisotopic (exact) mass is 402 g/mol. The molecule has 0 bridgehead atoms. The van der Waals surface area contributed by atoms with E-state index in [4.69, 9.17) is 36.5 Å². The molecule has 0 aliphatic rings. The van der Waals surface area contributed by atoms with Gasteiger partial charge in [-0.2, -0.15) is 5.21 Å². The van der Waals surface area contributed by atoms with Gasteiger partial charge in [0.05, 0.1) is 0 Å². The third kappa shape index (κ3) is 4.69. The molecule has 26 heavy (non-hydrogen) atoms. The third-order valence-corrected chi connectivity index (χ3v) is 3.32. The van der Waals surface area contributed by atoms with Crippen LogP contribution in [0.1, 0.15) is 0 Å². The first kappa shape index (κ1) is 25.1. The average Bonchev–Trinajstić information content (AvgIpc) is 2.44. The molecule has 0 amide bonds. The molecule has 0 aromatic heterocycles. The number of nitrogens with zero attached hydrogens (tertiary/aromatic N) is 1. The van der Waals surface area contributed by atoms with Crippen molar-refractivity contribution >= 4 is 0 Å². The van der Waals surface area contributed by atoms with Crippen molar-refractivity contribution in [2.45, 2.75) is 11.6 Å². The van der Waals surface area contributed by atoms with Crippen LogP contribution in [-0.2, 0) is 0 Å². The molecule has 14 N–H and O–H groups in total. The zero-order chi connectivity index (χ0) is 21.0. The molecule has 0 saturated carbocycles. The summed E-state index contributed by atoms with van der Waals surface area (Å²) < 4.78 is 0. The van der Waals surface area contributed by atoms with Crippen molar-refractivity contribution in [2.24, 2.45) is 0 Å². The van der Waals surface area contributed by atoms with Gasteiger partial charge in [0.2, 0.25) is 13.1 Å². The normalized spacial score (nSPS) is 25.5. The first-order chi connectivity index (χ1) is 11.7. The maximum atomic E-state index is 11.2. The molecule has 158 valence electrons. The minimum absolute atomic E-state index is 0.535. The van der Waals surface area contributed by atoms with Crippen molar-refractivity contribution in [1.29, 1.82) is 0 Å². The summed E-state index contributed by atoms with van der Waals surface area (Å²) in [5, 5.41) is 122. The molecule has 0 aromatic rings. The summed E-state index contributed by atoms with van der Waals surface area (Å²) in [4.78, 5) is 0. The van der Waals surface area contributed by atoms with Crippen LogP contribution in [0, 0.1) is 36.5 Å². The fourth-order valence-electron chi connectivity index (χ4n) is 1.72. The Balaban J connectivity index is 6.07. The summed E-state index contributed by atoms with van der Waals surface area (Å²) in [7, 11) is 0. The Morgan fingerprint density at radius 3 is 0.808 bits per heavy atom. The lowest BCUT2D eigenvalue weighted by Crippen LogP contribution is -3.55. The van der Waals surface area contributed by atoms with Gasteiger partial charge >= 0.3 is 11.6 Å². The lowest BCUT2D eigenvalue weighted by Gasteiger charge is -2.45. The average molecular weight is 402 g/mol. The Bertz CT molecular complexity index is 340. The van der Waals surface area contributed by atoms with E-state index >= 15 is 0 Å². The Morgan fingerprint density at radius 1 is 0.500 bits per heavy atom. The van der Waals surface area contributed by atoms with Crippen LogP contribution in [0.25, 0.3) is 0 Å². The highest BCUT2D eigenvalue weighted by molar-refractivity contribution is 4.59. The van der Waals surface area contributed by atoms with E-state index in [9.17, 15) is 36.5 Å². The number of hydroxylamine groups is 12. The molecular weight excluding hydrogens is 384 g/mol. The number of quaternary nitrogens is 7. The van der Waals surface area contributed by atoms with Crippen molar-refractivity contribution in [2.75, 3.05) is 13.1 Å². The zero-order valence-corrected chi connectivity index (χ0v) is 12.3. The van der Waals surface area contributed by atoms with E-state index < -0.39 is 66.4 Å². The van der Waals surface area contributed by atoms with Crippen LogP contribution >= 0.6 is 0 Å². The van der Waals surface area contributed by atoms with Gasteiger partial charge in [-0.3, -0.25) is 0 Å². The fraction of sp³-hybridized carbons (Fsp3) is 1.00. The zero-order valence-electron chi connectivity index (χ0n) is 12.3. The van der Waals surface area contributed by atoms with E-state index in [-0.39, 0.29) is 0 Å². The number of nitrogens with one attached hydrogen (secondary N) is 7. The van der Waals surface area contributed by atoms with Crippen molar-refractivity contribution < 1.29 is 73.1 Å². The molecule has 7 atom stereocenters. The highest BCUT2D eigenvalue weighted by Crippen LogP contribution is 1.89. The van der Waals surface area contributed by atoms with Crippen molar-refractivity contribution in [3.63, 3.8) is 0 Å². The van der Waals surface area contributed by atoms with Gasteiger partial charge in [-0.15, -0.1) is 36.7 Å². The van der Waals surface area contributed by atoms with Crippen LogP contribution in [0.5, 0.6) is 0 Å². The van der Waals surface area contributed by atoms with Crippen molar-refractivity contribution in [3.8, 4) is 0 Å². The summed E-state index contributed by atoms with van der Waals surface area (Å²) in [5.41, 5.74) is 0. The molecule has 0 heterocycles. The van der Waals surface area contributed by atoms with Crippen LogP contribution in [0.3, 0.4) is 0 Å². The molecule has 0 spiro atoms. The van der Waals surface area contributed by atoms with Gasteiger partial charge in [0.1, 0.15) is 0 Å². The van der Waals surface area contributed by atoms with Gasteiger partial charge < -0.3 is 36.5 Å². The molecule has 0 aliphatic heterocycles. The van der Waals surface area contributed by atoms with Crippen LogP contribution in [0.4, 0.5) is 0 Å².